The molecule has 1 N–H and O–H groups in total. The van der Waals surface area contributed by atoms with E-state index in [0.717, 1.165) is 31.0 Å². The summed E-state index contributed by atoms with van der Waals surface area (Å²) in [6.45, 7) is 12.8. The number of rotatable bonds is 6. The molecular formula is C17H26N4. The van der Waals surface area contributed by atoms with Crippen molar-refractivity contribution in [1.29, 1.82) is 0 Å². The summed E-state index contributed by atoms with van der Waals surface area (Å²) in [7, 11) is 0. The largest absolute Gasteiger partial charge is 0.316 e. The first-order valence-electron chi connectivity index (χ1n) is 7.74. The van der Waals surface area contributed by atoms with E-state index in [4.69, 9.17) is 5.10 Å². The monoisotopic (exact) mass is 286 g/mol. The Kier molecular flexibility index (Phi) is 5.12. The molecule has 0 radical (unpaired) electrons. The van der Waals surface area contributed by atoms with E-state index in [0.29, 0.717) is 5.92 Å². The minimum Gasteiger partial charge on any atom is -0.316 e. The highest BCUT2D eigenvalue weighted by atomic mass is 15.3. The molecule has 0 aromatic carbocycles. The summed E-state index contributed by atoms with van der Waals surface area (Å²) >= 11 is 0. The summed E-state index contributed by atoms with van der Waals surface area (Å²) < 4.78 is 1.97. The van der Waals surface area contributed by atoms with Gasteiger partial charge in [-0.1, -0.05) is 13.8 Å². The average molecular weight is 286 g/mol. The molecule has 0 fully saturated rings. The fourth-order valence-electron chi connectivity index (χ4n) is 2.82. The van der Waals surface area contributed by atoms with E-state index in [-0.39, 0.29) is 0 Å². The minimum absolute atomic E-state index is 0.454. The number of aryl methyl sites for hydroxylation is 2. The van der Waals surface area contributed by atoms with Crippen LogP contribution >= 0.6 is 0 Å². The van der Waals surface area contributed by atoms with Crippen molar-refractivity contribution in [2.75, 3.05) is 13.1 Å². The Morgan fingerprint density at radius 1 is 1.29 bits per heavy atom. The molecule has 2 aromatic rings. The van der Waals surface area contributed by atoms with E-state index in [1.54, 1.807) is 0 Å². The van der Waals surface area contributed by atoms with E-state index in [1.165, 1.54) is 16.8 Å². The fraction of sp³-hybridized carbons (Fsp3) is 0.529. The summed E-state index contributed by atoms with van der Waals surface area (Å²) in [5, 5.41) is 8.19. The van der Waals surface area contributed by atoms with Crippen molar-refractivity contribution in [1.82, 2.24) is 20.1 Å². The highest BCUT2D eigenvalue weighted by Crippen LogP contribution is 2.24. The van der Waals surface area contributed by atoms with Crippen molar-refractivity contribution in [3.8, 4) is 5.82 Å². The van der Waals surface area contributed by atoms with Crippen molar-refractivity contribution in [3.63, 3.8) is 0 Å². The Morgan fingerprint density at radius 2 is 2.05 bits per heavy atom. The van der Waals surface area contributed by atoms with E-state index in [2.05, 4.69) is 51.0 Å². The lowest BCUT2D eigenvalue weighted by molar-refractivity contribution is 0.605. The second-order valence-electron chi connectivity index (χ2n) is 5.79. The Hall–Kier alpha value is -1.68. The highest BCUT2D eigenvalue weighted by molar-refractivity contribution is 5.36. The standard InChI is InChI=1S/C17H26N4/c1-6-8-18-11-13(3)17-14(4)20-21(15(17)5)16-10-12(2)7-9-19-16/h7,9-10,13,18H,6,8,11H2,1-5H3. The maximum atomic E-state index is 4.70. The number of hydrogen-bond donors (Lipinski definition) is 1. The molecule has 21 heavy (non-hydrogen) atoms. The predicted molar refractivity (Wildman–Crippen MR) is 87.1 cm³/mol. The molecule has 1 unspecified atom stereocenters. The van der Waals surface area contributed by atoms with Gasteiger partial charge in [-0.3, -0.25) is 0 Å². The van der Waals surface area contributed by atoms with Gasteiger partial charge in [0.2, 0.25) is 0 Å². The number of nitrogens with zero attached hydrogens (tertiary/aromatic N) is 3. The summed E-state index contributed by atoms with van der Waals surface area (Å²) in [6, 6.07) is 4.08. The fourth-order valence-corrected chi connectivity index (χ4v) is 2.82. The Morgan fingerprint density at radius 3 is 2.71 bits per heavy atom. The summed E-state index contributed by atoms with van der Waals surface area (Å²) in [5.74, 6) is 1.35. The van der Waals surface area contributed by atoms with E-state index in [1.807, 2.05) is 16.9 Å². The molecule has 2 heterocycles. The van der Waals surface area contributed by atoms with Gasteiger partial charge in [0.05, 0.1) is 5.69 Å². The van der Waals surface area contributed by atoms with Crippen molar-refractivity contribution in [3.05, 3.63) is 40.8 Å². The van der Waals surface area contributed by atoms with Crippen LogP contribution in [-0.4, -0.2) is 27.9 Å². The number of aromatic nitrogens is 3. The van der Waals surface area contributed by atoms with Crippen LogP contribution in [0.25, 0.3) is 5.82 Å². The lowest BCUT2D eigenvalue weighted by Gasteiger charge is -2.13. The van der Waals surface area contributed by atoms with Crippen LogP contribution in [0.5, 0.6) is 0 Å². The zero-order valence-electron chi connectivity index (χ0n) is 13.8. The summed E-state index contributed by atoms with van der Waals surface area (Å²) in [6.07, 6.45) is 3.00. The molecule has 0 bridgehead atoms. The number of pyridine rings is 1. The molecule has 0 spiro atoms. The highest BCUT2D eigenvalue weighted by Gasteiger charge is 2.18. The van der Waals surface area contributed by atoms with Crippen LogP contribution in [0.2, 0.25) is 0 Å². The van der Waals surface area contributed by atoms with Crippen LogP contribution < -0.4 is 5.32 Å². The third kappa shape index (κ3) is 3.50. The SMILES string of the molecule is CCCNCC(C)c1c(C)nn(-c2cc(C)ccn2)c1C. The third-order valence-corrected chi connectivity index (χ3v) is 3.84. The lowest BCUT2D eigenvalue weighted by atomic mass is 9.99. The Balaban J connectivity index is 2.29. The Labute approximate surface area is 127 Å². The zero-order valence-corrected chi connectivity index (χ0v) is 13.8. The van der Waals surface area contributed by atoms with Crippen molar-refractivity contribution < 1.29 is 0 Å². The van der Waals surface area contributed by atoms with Gasteiger partial charge in [0.25, 0.3) is 0 Å². The molecule has 0 aliphatic heterocycles. The first-order valence-corrected chi connectivity index (χ1v) is 7.74. The van der Waals surface area contributed by atoms with Gasteiger partial charge in [0.15, 0.2) is 5.82 Å². The Bertz CT molecular complexity index is 601. The first-order chi connectivity index (χ1) is 10.0. The average Bonchev–Trinajstić information content (AvgIpc) is 2.74. The van der Waals surface area contributed by atoms with Gasteiger partial charge in [-0.15, -0.1) is 0 Å². The van der Waals surface area contributed by atoms with E-state index in [9.17, 15) is 0 Å². The van der Waals surface area contributed by atoms with E-state index >= 15 is 0 Å². The molecule has 0 amide bonds. The summed E-state index contributed by atoms with van der Waals surface area (Å²) in [4.78, 5) is 4.44. The van der Waals surface area contributed by atoms with E-state index < -0.39 is 0 Å². The van der Waals surface area contributed by atoms with Crippen LogP contribution in [0.4, 0.5) is 0 Å². The van der Waals surface area contributed by atoms with Gasteiger partial charge >= 0.3 is 0 Å². The van der Waals surface area contributed by atoms with Gasteiger partial charge in [-0.25, -0.2) is 9.67 Å². The normalized spacial score (nSPS) is 12.6. The second kappa shape index (κ2) is 6.85. The molecule has 4 nitrogen and oxygen atoms in total. The zero-order chi connectivity index (χ0) is 15.4. The molecule has 2 rings (SSSR count). The molecule has 0 saturated carbocycles. The minimum atomic E-state index is 0.454. The van der Waals surface area contributed by atoms with Crippen LogP contribution in [0.3, 0.4) is 0 Å². The van der Waals surface area contributed by atoms with Crippen molar-refractivity contribution >= 4 is 0 Å². The molecule has 114 valence electrons. The van der Waals surface area contributed by atoms with Gasteiger partial charge in [-0.05, 0) is 57.4 Å². The van der Waals surface area contributed by atoms with Gasteiger partial charge in [0.1, 0.15) is 0 Å². The lowest BCUT2D eigenvalue weighted by Crippen LogP contribution is -2.21. The maximum absolute atomic E-state index is 4.70. The molecule has 4 heteroatoms. The molecule has 0 aliphatic carbocycles. The van der Waals surface area contributed by atoms with Crippen LogP contribution in [0.15, 0.2) is 18.3 Å². The molecule has 1 atom stereocenters. The van der Waals surface area contributed by atoms with Gasteiger partial charge in [-0.2, -0.15) is 5.10 Å². The molecular weight excluding hydrogens is 260 g/mol. The van der Waals surface area contributed by atoms with Crippen molar-refractivity contribution in [2.24, 2.45) is 0 Å². The smallest absolute Gasteiger partial charge is 0.153 e. The van der Waals surface area contributed by atoms with Crippen LogP contribution in [0.1, 0.15) is 48.7 Å². The topological polar surface area (TPSA) is 42.7 Å². The van der Waals surface area contributed by atoms with Gasteiger partial charge in [0, 0.05) is 24.0 Å². The van der Waals surface area contributed by atoms with Gasteiger partial charge < -0.3 is 5.32 Å². The maximum Gasteiger partial charge on any atom is 0.153 e. The molecule has 0 saturated heterocycles. The second-order valence-corrected chi connectivity index (χ2v) is 5.79. The summed E-state index contributed by atoms with van der Waals surface area (Å²) in [5.41, 5.74) is 4.83. The predicted octanol–water partition coefficient (Wildman–Crippen LogP) is 3.30. The third-order valence-electron chi connectivity index (χ3n) is 3.84. The number of hydrogen-bond acceptors (Lipinski definition) is 3. The van der Waals surface area contributed by atoms with Crippen LogP contribution in [0, 0.1) is 20.8 Å². The molecule has 0 aliphatic rings. The van der Waals surface area contributed by atoms with Crippen LogP contribution in [-0.2, 0) is 0 Å². The van der Waals surface area contributed by atoms with Crippen molar-refractivity contribution in [2.45, 2.75) is 47.0 Å². The molecule has 2 aromatic heterocycles. The number of nitrogens with one attached hydrogen (secondary N) is 1. The quantitative estimate of drug-likeness (QED) is 0.829. The first kappa shape index (κ1) is 15.7.